The summed E-state index contributed by atoms with van der Waals surface area (Å²) in [6, 6.07) is 4.79. The van der Waals surface area contributed by atoms with Crippen LogP contribution in [-0.4, -0.2) is 4.98 Å². The fraction of sp³-hybridized carbons (Fsp3) is 0.273. The highest BCUT2D eigenvalue weighted by Gasteiger charge is 2.27. The second-order valence-electron chi connectivity index (χ2n) is 3.74. The van der Waals surface area contributed by atoms with Crippen molar-refractivity contribution < 1.29 is 4.39 Å². The van der Waals surface area contributed by atoms with E-state index < -0.39 is 5.82 Å². The molecule has 0 spiro atoms. The van der Waals surface area contributed by atoms with Gasteiger partial charge in [-0.05, 0) is 18.9 Å². The van der Waals surface area contributed by atoms with Crippen LogP contribution in [0.25, 0.3) is 10.2 Å². The second-order valence-corrected chi connectivity index (χ2v) is 4.80. The van der Waals surface area contributed by atoms with Gasteiger partial charge in [-0.15, -0.1) is 11.3 Å². The molecule has 1 heterocycles. The van der Waals surface area contributed by atoms with E-state index in [2.05, 4.69) is 4.98 Å². The van der Waals surface area contributed by atoms with E-state index >= 15 is 0 Å². The number of aromatic nitrogens is 1. The van der Waals surface area contributed by atoms with Gasteiger partial charge in [0.05, 0.1) is 20.8 Å². The molecule has 0 atom stereocenters. The number of benzene rings is 1. The van der Waals surface area contributed by atoms with Gasteiger partial charge in [-0.25, -0.2) is 9.37 Å². The molecule has 74 valence electrons. The summed E-state index contributed by atoms with van der Waals surface area (Å²) in [5.41, 5.74) is 0.784. The van der Waals surface area contributed by atoms with Crippen LogP contribution in [0.5, 0.6) is 0 Å². The molecule has 0 saturated heterocycles. The van der Waals surface area contributed by atoms with Crippen LogP contribution in [0.15, 0.2) is 12.1 Å². The zero-order chi connectivity index (χ0) is 10.4. The maximum atomic E-state index is 13.3. The molecule has 4 heteroatoms. The third-order valence-electron chi connectivity index (χ3n) is 2.54. The molecular weight excluding hydrogens is 211 g/mol. The summed E-state index contributed by atoms with van der Waals surface area (Å²) in [5, 5.41) is 9.78. The van der Waals surface area contributed by atoms with Crippen LogP contribution in [0.2, 0.25) is 0 Å². The number of halogens is 1. The lowest BCUT2D eigenvalue weighted by atomic mass is 10.2. The van der Waals surface area contributed by atoms with E-state index in [0.29, 0.717) is 11.4 Å². The van der Waals surface area contributed by atoms with E-state index in [1.165, 1.54) is 18.9 Å². The molecule has 1 aromatic carbocycles. The molecule has 1 aliphatic carbocycles. The largest absolute Gasteiger partial charge is 0.241 e. The fourth-order valence-corrected chi connectivity index (χ4v) is 2.71. The van der Waals surface area contributed by atoms with E-state index in [-0.39, 0.29) is 5.56 Å². The molecule has 1 aliphatic rings. The number of nitrogens with zero attached hydrogens (tertiary/aromatic N) is 2. The lowest BCUT2D eigenvalue weighted by molar-refractivity contribution is 0.625. The summed E-state index contributed by atoms with van der Waals surface area (Å²) in [7, 11) is 0. The van der Waals surface area contributed by atoms with Crippen LogP contribution in [-0.2, 0) is 0 Å². The first-order valence-corrected chi connectivity index (χ1v) is 5.59. The molecule has 0 aliphatic heterocycles. The van der Waals surface area contributed by atoms with Crippen molar-refractivity contribution in [1.29, 1.82) is 5.26 Å². The van der Waals surface area contributed by atoms with Gasteiger partial charge in [0.2, 0.25) is 0 Å². The fourth-order valence-electron chi connectivity index (χ4n) is 1.56. The van der Waals surface area contributed by atoms with E-state index in [4.69, 9.17) is 5.26 Å². The SMILES string of the molecule is N#Cc1cc2sc(C3CC3)nc2cc1F. The van der Waals surface area contributed by atoms with Crippen LogP contribution in [0.4, 0.5) is 4.39 Å². The van der Waals surface area contributed by atoms with E-state index in [1.807, 2.05) is 6.07 Å². The number of nitriles is 1. The highest BCUT2D eigenvalue weighted by atomic mass is 32.1. The van der Waals surface area contributed by atoms with Gasteiger partial charge in [-0.3, -0.25) is 0 Å². The van der Waals surface area contributed by atoms with Gasteiger partial charge in [-0.2, -0.15) is 5.26 Å². The number of thiazole rings is 1. The Kier molecular flexibility index (Phi) is 1.77. The predicted molar refractivity (Wildman–Crippen MR) is 56.3 cm³/mol. The summed E-state index contributed by atoms with van der Waals surface area (Å²) >= 11 is 1.58. The molecule has 0 N–H and O–H groups in total. The van der Waals surface area contributed by atoms with Crippen LogP contribution in [0.3, 0.4) is 0 Å². The standard InChI is InChI=1S/C11H7FN2S/c12-8-4-9-10(3-7(8)5-13)15-11(14-9)6-1-2-6/h3-4,6H,1-2H2. The van der Waals surface area contributed by atoms with E-state index in [9.17, 15) is 4.39 Å². The first kappa shape index (κ1) is 8.81. The average molecular weight is 218 g/mol. The molecule has 0 unspecified atom stereocenters. The summed E-state index contributed by atoms with van der Waals surface area (Å²) in [5.74, 6) is 0.105. The molecule has 3 rings (SSSR count). The maximum Gasteiger partial charge on any atom is 0.143 e. The van der Waals surface area contributed by atoms with Gasteiger partial charge in [-0.1, -0.05) is 0 Å². The van der Waals surface area contributed by atoms with Crippen molar-refractivity contribution in [3.8, 4) is 6.07 Å². The molecule has 0 amide bonds. The van der Waals surface area contributed by atoms with Crippen LogP contribution < -0.4 is 0 Å². The van der Waals surface area contributed by atoms with Crippen LogP contribution in [0.1, 0.15) is 29.3 Å². The Morgan fingerprint density at radius 3 is 2.93 bits per heavy atom. The van der Waals surface area contributed by atoms with Crippen molar-refractivity contribution in [3.05, 3.63) is 28.5 Å². The summed E-state index contributed by atoms with van der Waals surface area (Å²) in [6.07, 6.45) is 2.38. The maximum absolute atomic E-state index is 13.3. The normalized spacial score (nSPS) is 15.5. The molecule has 15 heavy (non-hydrogen) atoms. The van der Waals surface area contributed by atoms with Gasteiger partial charge < -0.3 is 0 Å². The minimum atomic E-state index is -0.474. The Labute approximate surface area is 90.0 Å². The Bertz CT molecular complexity index is 578. The Morgan fingerprint density at radius 2 is 2.27 bits per heavy atom. The average Bonchev–Trinajstić information content (AvgIpc) is 2.99. The molecular formula is C11H7FN2S. The Hall–Kier alpha value is -1.47. The monoisotopic (exact) mass is 218 g/mol. The van der Waals surface area contributed by atoms with Gasteiger partial charge in [0, 0.05) is 12.0 Å². The van der Waals surface area contributed by atoms with Crippen LogP contribution >= 0.6 is 11.3 Å². The van der Waals surface area contributed by atoms with Crippen LogP contribution in [0, 0.1) is 17.1 Å². The topological polar surface area (TPSA) is 36.7 Å². The molecule has 2 aromatic rings. The van der Waals surface area contributed by atoms with Crippen molar-refractivity contribution in [2.45, 2.75) is 18.8 Å². The minimum absolute atomic E-state index is 0.105. The van der Waals surface area contributed by atoms with Crippen molar-refractivity contribution in [3.63, 3.8) is 0 Å². The third kappa shape index (κ3) is 1.40. The van der Waals surface area contributed by atoms with Gasteiger partial charge in [0.1, 0.15) is 11.9 Å². The minimum Gasteiger partial charge on any atom is -0.241 e. The number of rotatable bonds is 1. The zero-order valence-corrected chi connectivity index (χ0v) is 8.64. The number of hydrogen-bond donors (Lipinski definition) is 0. The molecule has 0 radical (unpaired) electrons. The highest BCUT2D eigenvalue weighted by molar-refractivity contribution is 7.18. The Morgan fingerprint density at radius 1 is 1.47 bits per heavy atom. The lowest BCUT2D eigenvalue weighted by Crippen LogP contribution is -1.82. The highest BCUT2D eigenvalue weighted by Crippen LogP contribution is 2.43. The van der Waals surface area contributed by atoms with Crippen molar-refractivity contribution in [1.82, 2.24) is 4.98 Å². The number of fused-ring (bicyclic) bond motifs is 1. The second kappa shape index (κ2) is 3.01. The van der Waals surface area contributed by atoms with Gasteiger partial charge in [0.15, 0.2) is 0 Å². The zero-order valence-electron chi connectivity index (χ0n) is 7.83. The van der Waals surface area contributed by atoms with E-state index in [0.717, 1.165) is 9.71 Å². The third-order valence-corrected chi connectivity index (χ3v) is 3.72. The molecule has 0 bridgehead atoms. The molecule has 2 nitrogen and oxygen atoms in total. The van der Waals surface area contributed by atoms with Crippen molar-refractivity contribution >= 4 is 21.6 Å². The first-order valence-electron chi connectivity index (χ1n) is 4.78. The first-order chi connectivity index (χ1) is 7.28. The lowest BCUT2D eigenvalue weighted by Gasteiger charge is -1.91. The molecule has 1 fully saturated rings. The summed E-state index contributed by atoms with van der Waals surface area (Å²) in [4.78, 5) is 4.38. The van der Waals surface area contributed by atoms with Crippen molar-refractivity contribution in [2.75, 3.05) is 0 Å². The molecule has 1 aromatic heterocycles. The molecule has 1 saturated carbocycles. The number of hydrogen-bond acceptors (Lipinski definition) is 3. The quantitative estimate of drug-likeness (QED) is 0.737. The summed E-state index contributed by atoms with van der Waals surface area (Å²) < 4.78 is 14.2. The smallest absolute Gasteiger partial charge is 0.143 e. The van der Waals surface area contributed by atoms with Gasteiger partial charge >= 0.3 is 0 Å². The summed E-state index contributed by atoms with van der Waals surface area (Å²) in [6.45, 7) is 0. The Balaban J connectivity index is 2.22. The van der Waals surface area contributed by atoms with E-state index in [1.54, 1.807) is 17.4 Å². The van der Waals surface area contributed by atoms with Crippen molar-refractivity contribution in [2.24, 2.45) is 0 Å². The van der Waals surface area contributed by atoms with Gasteiger partial charge in [0.25, 0.3) is 0 Å². The predicted octanol–water partition coefficient (Wildman–Crippen LogP) is 3.18.